The highest BCUT2D eigenvalue weighted by Crippen LogP contribution is 2.18. The van der Waals surface area contributed by atoms with Crippen LogP contribution in [0.1, 0.15) is 5.82 Å². The van der Waals surface area contributed by atoms with E-state index in [2.05, 4.69) is 35.2 Å². The number of aryl methyl sites for hydroxylation is 1. The molecule has 2 aromatic heterocycles. The van der Waals surface area contributed by atoms with Gasteiger partial charge < -0.3 is 15.2 Å². The lowest BCUT2D eigenvalue weighted by Crippen LogP contribution is -2.47. The Labute approximate surface area is 123 Å². The maximum Gasteiger partial charge on any atom is 0.225 e. The summed E-state index contributed by atoms with van der Waals surface area (Å²) in [6, 6.07) is 3.69. The topological polar surface area (TPSA) is 96.1 Å². The van der Waals surface area contributed by atoms with Crippen molar-refractivity contribution in [3.63, 3.8) is 0 Å². The molecule has 0 spiro atoms. The fourth-order valence-corrected chi connectivity index (χ4v) is 2.38. The second-order valence-electron chi connectivity index (χ2n) is 4.83. The van der Waals surface area contributed by atoms with Crippen molar-refractivity contribution >= 4 is 17.6 Å². The fourth-order valence-electron chi connectivity index (χ4n) is 2.38. The van der Waals surface area contributed by atoms with Crippen LogP contribution in [-0.2, 0) is 0 Å². The molecule has 8 heteroatoms. The van der Waals surface area contributed by atoms with Gasteiger partial charge in [-0.25, -0.2) is 25.8 Å². The van der Waals surface area contributed by atoms with Gasteiger partial charge in [0, 0.05) is 44.6 Å². The van der Waals surface area contributed by atoms with Crippen molar-refractivity contribution in [3.8, 4) is 0 Å². The number of hydrazine groups is 1. The highest BCUT2D eigenvalue weighted by molar-refractivity contribution is 5.50. The Hall–Kier alpha value is -2.48. The van der Waals surface area contributed by atoms with Gasteiger partial charge in [0.1, 0.15) is 17.5 Å². The van der Waals surface area contributed by atoms with Crippen molar-refractivity contribution in [2.75, 3.05) is 41.4 Å². The predicted octanol–water partition coefficient (Wildman–Crippen LogP) is 0.187. The number of piperazine rings is 1. The van der Waals surface area contributed by atoms with Gasteiger partial charge in [-0.05, 0) is 13.0 Å². The summed E-state index contributed by atoms with van der Waals surface area (Å²) in [6.07, 6.45) is 3.53. The molecule has 1 fully saturated rings. The monoisotopic (exact) mass is 286 g/mol. The molecule has 21 heavy (non-hydrogen) atoms. The second kappa shape index (κ2) is 5.88. The molecule has 1 saturated heterocycles. The number of rotatable bonds is 3. The van der Waals surface area contributed by atoms with Crippen LogP contribution < -0.4 is 21.1 Å². The second-order valence-corrected chi connectivity index (χ2v) is 4.83. The SMILES string of the molecule is Cc1nc(NN)cc(N2CCN(c3ncccn3)CC2)n1. The van der Waals surface area contributed by atoms with Crippen LogP contribution in [0.4, 0.5) is 17.6 Å². The van der Waals surface area contributed by atoms with Gasteiger partial charge in [-0.15, -0.1) is 0 Å². The minimum atomic E-state index is 0.631. The van der Waals surface area contributed by atoms with Crippen LogP contribution in [0.25, 0.3) is 0 Å². The Morgan fingerprint density at radius 3 is 2.38 bits per heavy atom. The molecule has 8 nitrogen and oxygen atoms in total. The van der Waals surface area contributed by atoms with Crippen LogP contribution in [0.15, 0.2) is 24.5 Å². The number of nitrogens with one attached hydrogen (secondary N) is 1. The van der Waals surface area contributed by atoms with Crippen LogP contribution in [-0.4, -0.2) is 46.1 Å². The van der Waals surface area contributed by atoms with E-state index in [9.17, 15) is 0 Å². The Kier molecular flexibility index (Phi) is 3.78. The smallest absolute Gasteiger partial charge is 0.225 e. The third-order valence-electron chi connectivity index (χ3n) is 3.41. The Morgan fingerprint density at radius 2 is 1.71 bits per heavy atom. The molecule has 0 radical (unpaired) electrons. The summed E-state index contributed by atoms with van der Waals surface area (Å²) in [5.41, 5.74) is 2.57. The maximum absolute atomic E-state index is 5.43. The van der Waals surface area contributed by atoms with Gasteiger partial charge in [0.15, 0.2) is 0 Å². The third-order valence-corrected chi connectivity index (χ3v) is 3.41. The van der Waals surface area contributed by atoms with Crippen molar-refractivity contribution in [2.24, 2.45) is 5.84 Å². The molecule has 0 aliphatic carbocycles. The first-order valence-electron chi connectivity index (χ1n) is 6.85. The highest BCUT2D eigenvalue weighted by Gasteiger charge is 2.20. The molecule has 3 heterocycles. The number of nitrogens with zero attached hydrogens (tertiary/aromatic N) is 6. The van der Waals surface area contributed by atoms with Crippen LogP contribution in [0.2, 0.25) is 0 Å². The summed E-state index contributed by atoms with van der Waals surface area (Å²) >= 11 is 0. The summed E-state index contributed by atoms with van der Waals surface area (Å²) in [4.78, 5) is 21.6. The first-order chi connectivity index (χ1) is 10.3. The van der Waals surface area contributed by atoms with E-state index in [4.69, 9.17) is 5.84 Å². The number of nitrogens with two attached hydrogens (primary N) is 1. The minimum absolute atomic E-state index is 0.631. The number of hydrogen-bond donors (Lipinski definition) is 2. The molecular formula is C13H18N8. The quantitative estimate of drug-likeness (QED) is 0.609. The number of hydrogen-bond acceptors (Lipinski definition) is 8. The molecule has 1 aliphatic heterocycles. The summed E-state index contributed by atoms with van der Waals surface area (Å²) < 4.78 is 0. The predicted molar refractivity (Wildman–Crippen MR) is 81.0 cm³/mol. The van der Waals surface area contributed by atoms with E-state index in [-0.39, 0.29) is 0 Å². The van der Waals surface area contributed by atoms with E-state index in [1.165, 1.54) is 0 Å². The van der Waals surface area contributed by atoms with Crippen molar-refractivity contribution in [1.82, 2.24) is 19.9 Å². The minimum Gasteiger partial charge on any atom is -0.353 e. The zero-order chi connectivity index (χ0) is 14.7. The van der Waals surface area contributed by atoms with Gasteiger partial charge in [-0.3, -0.25) is 0 Å². The molecule has 0 amide bonds. The van der Waals surface area contributed by atoms with Gasteiger partial charge in [-0.2, -0.15) is 0 Å². The standard InChI is InChI=1S/C13H18N8/c1-10-17-11(19-14)9-12(18-10)20-5-7-21(8-6-20)13-15-3-2-4-16-13/h2-4,9H,5-8,14H2,1H3,(H,17,18,19). The largest absolute Gasteiger partial charge is 0.353 e. The van der Waals surface area contributed by atoms with Crippen molar-refractivity contribution in [2.45, 2.75) is 6.92 Å². The third kappa shape index (κ3) is 3.00. The lowest BCUT2D eigenvalue weighted by atomic mass is 10.3. The van der Waals surface area contributed by atoms with E-state index in [1.807, 2.05) is 19.1 Å². The zero-order valence-corrected chi connectivity index (χ0v) is 11.9. The van der Waals surface area contributed by atoms with E-state index in [1.54, 1.807) is 12.4 Å². The zero-order valence-electron chi connectivity index (χ0n) is 11.9. The lowest BCUT2D eigenvalue weighted by Gasteiger charge is -2.35. The highest BCUT2D eigenvalue weighted by atomic mass is 15.3. The van der Waals surface area contributed by atoms with Crippen LogP contribution in [0.5, 0.6) is 0 Å². The van der Waals surface area contributed by atoms with Crippen LogP contribution in [0, 0.1) is 6.92 Å². The summed E-state index contributed by atoms with van der Waals surface area (Å²) in [5, 5.41) is 0. The Morgan fingerprint density at radius 1 is 1.05 bits per heavy atom. The molecule has 0 bridgehead atoms. The van der Waals surface area contributed by atoms with Gasteiger partial charge in [-0.1, -0.05) is 0 Å². The summed E-state index contributed by atoms with van der Waals surface area (Å²) in [6.45, 7) is 5.30. The molecule has 0 atom stereocenters. The first kappa shape index (κ1) is 13.5. The number of anilines is 3. The molecule has 0 aromatic carbocycles. The molecule has 3 rings (SSSR count). The Bertz CT molecular complexity index is 594. The van der Waals surface area contributed by atoms with E-state index in [0.29, 0.717) is 11.6 Å². The van der Waals surface area contributed by atoms with Gasteiger partial charge in [0.2, 0.25) is 5.95 Å². The molecule has 0 unspecified atom stereocenters. The van der Waals surface area contributed by atoms with E-state index in [0.717, 1.165) is 37.9 Å². The number of nitrogen functional groups attached to an aromatic ring is 1. The molecule has 0 saturated carbocycles. The van der Waals surface area contributed by atoms with Crippen molar-refractivity contribution < 1.29 is 0 Å². The Balaban J connectivity index is 1.70. The van der Waals surface area contributed by atoms with Crippen LogP contribution in [0.3, 0.4) is 0 Å². The molecular weight excluding hydrogens is 268 g/mol. The number of aromatic nitrogens is 4. The molecule has 1 aliphatic rings. The van der Waals surface area contributed by atoms with Gasteiger partial charge in [0.05, 0.1) is 0 Å². The maximum atomic E-state index is 5.43. The van der Waals surface area contributed by atoms with Gasteiger partial charge in [0.25, 0.3) is 0 Å². The first-order valence-corrected chi connectivity index (χ1v) is 6.85. The normalized spacial score (nSPS) is 15.1. The van der Waals surface area contributed by atoms with Gasteiger partial charge >= 0.3 is 0 Å². The molecule has 3 N–H and O–H groups in total. The van der Waals surface area contributed by atoms with Crippen LogP contribution >= 0.6 is 0 Å². The summed E-state index contributed by atoms with van der Waals surface area (Å²) in [7, 11) is 0. The molecule has 110 valence electrons. The lowest BCUT2D eigenvalue weighted by molar-refractivity contribution is 0.633. The fraction of sp³-hybridized carbons (Fsp3) is 0.385. The van der Waals surface area contributed by atoms with Crippen molar-refractivity contribution in [1.29, 1.82) is 0 Å². The van der Waals surface area contributed by atoms with E-state index < -0.39 is 0 Å². The summed E-state index contributed by atoms with van der Waals surface area (Å²) in [5.74, 6) is 8.44. The van der Waals surface area contributed by atoms with Crippen molar-refractivity contribution in [3.05, 3.63) is 30.4 Å². The average Bonchev–Trinajstić information content (AvgIpc) is 2.55. The molecule has 2 aromatic rings. The van der Waals surface area contributed by atoms with E-state index >= 15 is 0 Å². The average molecular weight is 286 g/mol.